The Bertz CT molecular complexity index is 585. The Morgan fingerprint density at radius 1 is 1.40 bits per heavy atom. The molecule has 1 atom stereocenters. The fourth-order valence-corrected chi connectivity index (χ4v) is 2.20. The van der Waals surface area contributed by atoms with Crippen molar-refractivity contribution in [3.63, 3.8) is 0 Å². The Hall–Kier alpha value is -1.94. The molecule has 0 radical (unpaired) electrons. The fraction of sp³-hybridized carbons (Fsp3) is 0.312. The van der Waals surface area contributed by atoms with Crippen LogP contribution in [0.15, 0.2) is 36.7 Å². The van der Waals surface area contributed by atoms with Crippen LogP contribution in [0.25, 0.3) is 0 Å². The Balaban J connectivity index is 2.33. The molecule has 1 heterocycles. The lowest BCUT2D eigenvalue weighted by molar-refractivity contribution is 0.199. The summed E-state index contributed by atoms with van der Waals surface area (Å²) < 4.78 is 13.7. The van der Waals surface area contributed by atoms with Crippen molar-refractivity contribution in [2.24, 2.45) is 0 Å². The van der Waals surface area contributed by atoms with Crippen LogP contribution in [-0.2, 0) is 6.54 Å². The van der Waals surface area contributed by atoms with Gasteiger partial charge in [-0.05, 0) is 43.2 Å². The van der Waals surface area contributed by atoms with E-state index in [1.807, 2.05) is 24.1 Å². The molecule has 0 aliphatic carbocycles. The lowest BCUT2D eigenvalue weighted by Gasteiger charge is -2.24. The first-order valence-electron chi connectivity index (χ1n) is 6.57. The van der Waals surface area contributed by atoms with Gasteiger partial charge in [0.2, 0.25) is 0 Å². The fourth-order valence-electron chi connectivity index (χ4n) is 2.20. The van der Waals surface area contributed by atoms with Crippen molar-refractivity contribution >= 4 is 5.69 Å². The van der Waals surface area contributed by atoms with Gasteiger partial charge in [-0.15, -0.1) is 0 Å². The van der Waals surface area contributed by atoms with Gasteiger partial charge in [0.1, 0.15) is 5.82 Å². The summed E-state index contributed by atoms with van der Waals surface area (Å²) in [4.78, 5) is 6.08. The largest absolute Gasteiger partial charge is 0.389 e. The molecule has 3 nitrogen and oxygen atoms in total. The smallest absolute Gasteiger partial charge is 0.126 e. The van der Waals surface area contributed by atoms with Crippen molar-refractivity contribution < 1.29 is 9.50 Å². The lowest BCUT2D eigenvalue weighted by atomic mass is 10.0. The number of rotatable bonds is 4. The second-order valence-corrected chi connectivity index (χ2v) is 5.05. The molecular formula is C16H19FN2O. The minimum atomic E-state index is -0.712. The number of pyridine rings is 1. The van der Waals surface area contributed by atoms with Crippen molar-refractivity contribution in [3.05, 3.63) is 59.2 Å². The van der Waals surface area contributed by atoms with Crippen molar-refractivity contribution in [2.45, 2.75) is 26.5 Å². The molecule has 1 N–H and O–H groups in total. The van der Waals surface area contributed by atoms with Crippen LogP contribution < -0.4 is 4.90 Å². The van der Waals surface area contributed by atoms with Crippen LogP contribution in [0.4, 0.5) is 10.1 Å². The van der Waals surface area contributed by atoms with E-state index in [-0.39, 0.29) is 5.82 Å². The summed E-state index contributed by atoms with van der Waals surface area (Å²) in [6.07, 6.45) is 2.82. The van der Waals surface area contributed by atoms with Gasteiger partial charge in [0, 0.05) is 37.2 Å². The minimum Gasteiger partial charge on any atom is -0.389 e. The zero-order chi connectivity index (χ0) is 14.7. The Morgan fingerprint density at radius 3 is 2.75 bits per heavy atom. The normalized spacial score (nSPS) is 12.2. The van der Waals surface area contributed by atoms with Gasteiger partial charge in [0.15, 0.2) is 0 Å². The van der Waals surface area contributed by atoms with E-state index in [0.29, 0.717) is 17.7 Å². The van der Waals surface area contributed by atoms with Gasteiger partial charge in [-0.2, -0.15) is 0 Å². The summed E-state index contributed by atoms with van der Waals surface area (Å²) >= 11 is 0. The summed E-state index contributed by atoms with van der Waals surface area (Å²) in [7, 11) is 1.92. The topological polar surface area (TPSA) is 36.4 Å². The first kappa shape index (κ1) is 14.5. The number of hydrogen-bond donors (Lipinski definition) is 1. The molecule has 2 rings (SSSR count). The Morgan fingerprint density at radius 2 is 2.15 bits per heavy atom. The molecule has 4 heteroatoms. The van der Waals surface area contributed by atoms with E-state index < -0.39 is 6.10 Å². The molecule has 0 amide bonds. The van der Waals surface area contributed by atoms with Crippen LogP contribution in [0, 0.1) is 12.7 Å². The summed E-state index contributed by atoms with van der Waals surface area (Å²) in [6, 6.07) is 7.05. The summed E-state index contributed by atoms with van der Waals surface area (Å²) in [5.41, 5.74) is 3.07. The van der Waals surface area contributed by atoms with Crippen molar-refractivity contribution in [3.8, 4) is 0 Å². The highest BCUT2D eigenvalue weighted by atomic mass is 19.1. The molecule has 0 unspecified atom stereocenters. The molecule has 0 spiro atoms. The predicted molar refractivity (Wildman–Crippen MR) is 78.1 cm³/mol. The molecule has 2 aromatic rings. The third-order valence-corrected chi connectivity index (χ3v) is 3.31. The maximum atomic E-state index is 13.7. The van der Waals surface area contributed by atoms with E-state index in [4.69, 9.17) is 0 Å². The van der Waals surface area contributed by atoms with E-state index in [0.717, 1.165) is 11.3 Å². The summed E-state index contributed by atoms with van der Waals surface area (Å²) in [5, 5.41) is 9.83. The van der Waals surface area contributed by atoms with E-state index in [1.165, 1.54) is 6.07 Å². The van der Waals surface area contributed by atoms with Crippen molar-refractivity contribution in [1.82, 2.24) is 4.98 Å². The minimum absolute atomic E-state index is 0.292. The number of hydrogen-bond acceptors (Lipinski definition) is 3. The lowest BCUT2D eigenvalue weighted by Crippen LogP contribution is -2.19. The Kier molecular flexibility index (Phi) is 4.35. The van der Waals surface area contributed by atoms with Gasteiger partial charge in [0.25, 0.3) is 0 Å². The first-order valence-corrected chi connectivity index (χ1v) is 6.57. The third kappa shape index (κ3) is 3.14. The van der Waals surface area contributed by atoms with E-state index >= 15 is 0 Å². The van der Waals surface area contributed by atoms with E-state index in [2.05, 4.69) is 4.98 Å². The van der Waals surface area contributed by atoms with Gasteiger partial charge >= 0.3 is 0 Å². The van der Waals surface area contributed by atoms with Crippen molar-refractivity contribution in [2.75, 3.05) is 11.9 Å². The maximum Gasteiger partial charge on any atom is 0.126 e. The number of aliphatic hydroxyl groups is 1. The highest BCUT2D eigenvalue weighted by Gasteiger charge is 2.15. The first-order chi connectivity index (χ1) is 9.49. The van der Waals surface area contributed by atoms with Crippen LogP contribution in [0.2, 0.25) is 0 Å². The van der Waals surface area contributed by atoms with Gasteiger partial charge in [-0.3, -0.25) is 4.98 Å². The van der Waals surface area contributed by atoms with Crippen LogP contribution >= 0.6 is 0 Å². The van der Waals surface area contributed by atoms with Crippen LogP contribution in [-0.4, -0.2) is 17.1 Å². The molecule has 1 aromatic heterocycles. The molecule has 0 aliphatic heterocycles. The second-order valence-electron chi connectivity index (χ2n) is 5.05. The number of halogens is 1. The number of nitrogens with zero attached hydrogens (tertiary/aromatic N) is 2. The molecule has 0 fully saturated rings. The van der Waals surface area contributed by atoms with E-state index in [9.17, 15) is 9.50 Å². The summed E-state index contributed by atoms with van der Waals surface area (Å²) in [5.74, 6) is -0.292. The third-order valence-electron chi connectivity index (χ3n) is 3.31. The standard InChI is InChI=1S/C16H19FN2O/c1-11-7-16(14(12(2)20)8-15(11)17)19(3)10-13-5-4-6-18-9-13/h4-9,12,20H,10H2,1-3H3/t12-/m1/s1. The molecule has 1 aromatic carbocycles. The van der Waals surface area contributed by atoms with Crippen LogP contribution in [0.3, 0.4) is 0 Å². The van der Waals surface area contributed by atoms with Gasteiger partial charge in [-0.1, -0.05) is 6.07 Å². The maximum absolute atomic E-state index is 13.7. The second kappa shape index (κ2) is 6.01. The molecule has 106 valence electrons. The Labute approximate surface area is 118 Å². The SMILES string of the molecule is Cc1cc(N(C)Cc2cccnc2)c([C@@H](C)O)cc1F. The van der Waals surface area contributed by atoms with Crippen molar-refractivity contribution in [1.29, 1.82) is 0 Å². The molecule has 0 saturated carbocycles. The quantitative estimate of drug-likeness (QED) is 0.930. The molecule has 0 aliphatic rings. The molecule has 0 bridgehead atoms. The molecular weight excluding hydrogens is 255 g/mol. The summed E-state index contributed by atoms with van der Waals surface area (Å²) in [6.45, 7) is 4.02. The average Bonchev–Trinajstić information content (AvgIpc) is 2.42. The predicted octanol–water partition coefficient (Wildman–Crippen LogP) is 3.22. The zero-order valence-electron chi connectivity index (χ0n) is 12.0. The highest BCUT2D eigenvalue weighted by Crippen LogP contribution is 2.29. The average molecular weight is 274 g/mol. The number of benzene rings is 1. The van der Waals surface area contributed by atoms with Gasteiger partial charge in [-0.25, -0.2) is 4.39 Å². The number of aryl methyl sites for hydroxylation is 1. The number of aliphatic hydroxyl groups excluding tert-OH is 1. The molecule has 0 saturated heterocycles. The van der Waals surface area contributed by atoms with Gasteiger partial charge < -0.3 is 10.0 Å². The highest BCUT2D eigenvalue weighted by molar-refractivity contribution is 5.56. The number of aromatic nitrogens is 1. The van der Waals surface area contributed by atoms with E-state index in [1.54, 1.807) is 32.3 Å². The number of anilines is 1. The van der Waals surface area contributed by atoms with Crippen LogP contribution in [0.1, 0.15) is 29.7 Å². The monoisotopic (exact) mass is 274 g/mol. The molecule has 20 heavy (non-hydrogen) atoms. The van der Waals surface area contributed by atoms with Gasteiger partial charge in [0.05, 0.1) is 6.10 Å². The zero-order valence-corrected chi connectivity index (χ0v) is 12.0. The van der Waals surface area contributed by atoms with Crippen LogP contribution in [0.5, 0.6) is 0 Å².